The van der Waals surface area contributed by atoms with Crippen LogP contribution in [0.3, 0.4) is 0 Å². The van der Waals surface area contributed by atoms with Crippen LogP contribution in [-0.4, -0.2) is 20.4 Å². The van der Waals surface area contributed by atoms with E-state index in [0.717, 1.165) is 15.6 Å². The minimum Gasteiger partial charge on any atom is -0.335 e. The van der Waals surface area contributed by atoms with Crippen LogP contribution in [0.2, 0.25) is 5.15 Å². The number of nitrogens with one attached hydrogen (secondary N) is 1. The van der Waals surface area contributed by atoms with E-state index in [0.29, 0.717) is 11.0 Å². The summed E-state index contributed by atoms with van der Waals surface area (Å²) < 4.78 is 0. The number of aromatic nitrogens is 4. The van der Waals surface area contributed by atoms with E-state index < -0.39 is 0 Å². The fourth-order valence-electron chi connectivity index (χ4n) is 1.24. The van der Waals surface area contributed by atoms with E-state index in [2.05, 4.69) is 25.7 Å². The Bertz CT molecular complexity index is 532. The molecule has 0 aromatic carbocycles. The predicted octanol–water partition coefficient (Wildman–Crippen LogP) is 2.13. The van der Waals surface area contributed by atoms with Crippen molar-refractivity contribution in [1.29, 1.82) is 0 Å². The van der Waals surface area contributed by atoms with E-state index in [1.807, 2.05) is 6.07 Å². The summed E-state index contributed by atoms with van der Waals surface area (Å²) in [4.78, 5) is 0.906. The summed E-state index contributed by atoms with van der Waals surface area (Å²) in [6.07, 6.45) is 1.63. The minimum atomic E-state index is 0.371. The lowest BCUT2D eigenvalue weighted by atomic mass is 10.4. The van der Waals surface area contributed by atoms with Crippen molar-refractivity contribution in [2.75, 3.05) is 5.32 Å². The molecule has 0 atom stereocenters. The van der Waals surface area contributed by atoms with Gasteiger partial charge >= 0.3 is 0 Å². The molecule has 15 heavy (non-hydrogen) atoms. The molecule has 1 aliphatic rings. The second-order valence-corrected chi connectivity index (χ2v) is 4.27. The third-order valence-corrected chi connectivity index (χ3v) is 3.09. The molecule has 74 valence electrons. The summed E-state index contributed by atoms with van der Waals surface area (Å²) in [6, 6.07) is 3.59. The van der Waals surface area contributed by atoms with E-state index in [-0.39, 0.29) is 0 Å². The zero-order valence-electron chi connectivity index (χ0n) is 7.31. The number of rotatable bonds is 0. The number of hydrogen-bond donors (Lipinski definition) is 1. The first kappa shape index (κ1) is 8.87. The first-order valence-electron chi connectivity index (χ1n) is 4.13. The topological polar surface area (TPSA) is 63.6 Å². The lowest BCUT2D eigenvalue weighted by Crippen LogP contribution is -2.05. The maximum absolute atomic E-state index is 5.75. The number of anilines is 2. The van der Waals surface area contributed by atoms with Gasteiger partial charge in [0.15, 0.2) is 11.0 Å². The minimum absolute atomic E-state index is 0.371. The van der Waals surface area contributed by atoms with Crippen molar-refractivity contribution in [3.8, 4) is 0 Å². The molecule has 0 saturated carbocycles. The Morgan fingerprint density at radius 3 is 3.13 bits per heavy atom. The third-order valence-electron chi connectivity index (χ3n) is 1.88. The molecule has 3 heterocycles. The first-order valence-corrected chi connectivity index (χ1v) is 5.32. The molecular weight excluding hydrogens is 234 g/mol. The van der Waals surface area contributed by atoms with Gasteiger partial charge in [-0.2, -0.15) is 5.10 Å². The van der Waals surface area contributed by atoms with Gasteiger partial charge in [-0.3, -0.25) is 0 Å². The van der Waals surface area contributed by atoms with Gasteiger partial charge in [0.1, 0.15) is 5.03 Å². The molecule has 0 aliphatic carbocycles. The van der Waals surface area contributed by atoms with Crippen molar-refractivity contribution in [2.45, 2.75) is 9.92 Å². The standard InChI is InChI=1S/C8H4ClN5S/c9-6-3-5-7(13-12-6)11-4-1-2-10-14-8(4)15-5/h1-3H,(H,11,13). The Labute approximate surface area is 94.3 Å². The van der Waals surface area contributed by atoms with Crippen molar-refractivity contribution < 1.29 is 0 Å². The summed E-state index contributed by atoms with van der Waals surface area (Å²) in [5.41, 5.74) is 0.888. The normalized spacial score (nSPS) is 12.6. The van der Waals surface area contributed by atoms with Crippen LogP contribution in [0.1, 0.15) is 0 Å². The highest BCUT2D eigenvalue weighted by Crippen LogP contribution is 2.41. The van der Waals surface area contributed by atoms with E-state index >= 15 is 0 Å². The lowest BCUT2D eigenvalue weighted by molar-refractivity contribution is 0.917. The summed E-state index contributed by atoms with van der Waals surface area (Å²) in [5, 5.41) is 19.8. The molecule has 3 rings (SSSR count). The quantitative estimate of drug-likeness (QED) is 0.646. The van der Waals surface area contributed by atoms with Gasteiger partial charge in [-0.1, -0.05) is 23.4 Å². The van der Waals surface area contributed by atoms with Gasteiger partial charge in [-0.15, -0.1) is 15.3 Å². The summed E-state index contributed by atoms with van der Waals surface area (Å²) >= 11 is 7.23. The number of halogens is 1. The van der Waals surface area contributed by atoms with Gasteiger partial charge in [0.05, 0.1) is 16.8 Å². The van der Waals surface area contributed by atoms with E-state index in [1.165, 1.54) is 11.8 Å². The van der Waals surface area contributed by atoms with Crippen molar-refractivity contribution in [3.63, 3.8) is 0 Å². The molecule has 0 unspecified atom stereocenters. The fourth-order valence-corrected chi connectivity index (χ4v) is 2.33. The van der Waals surface area contributed by atoms with Crippen molar-refractivity contribution in [2.24, 2.45) is 0 Å². The molecule has 1 N–H and O–H groups in total. The maximum atomic E-state index is 5.75. The second-order valence-electron chi connectivity index (χ2n) is 2.86. The fraction of sp³-hybridized carbons (Fsp3) is 0. The number of hydrogen-bond acceptors (Lipinski definition) is 6. The second kappa shape index (κ2) is 3.32. The Kier molecular flexibility index (Phi) is 1.96. The molecule has 0 amide bonds. The SMILES string of the molecule is Clc1cc2c(nn1)Nc1ccnnc1S2. The highest BCUT2D eigenvalue weighted by Gasteiger charge is 2.18. The first-order chi connectivity index (χ1) is 7.33. The molecular formula is C8H4ClN5S. The van der Waals surface area contributed by atoms with Gasteiger partial charge in [0.25, 0.3) is 0 Å². The molecule has 0 saturated heterocycles. The van der Waals surface area contributed by atoms with Crippen molar-refractivity contribution in [3.05, 3.63) is 23.5 Å². The predicted molar refractivity (Wildman–Crippen MR) is 56.5 cm³/mol. The Hall–Kier alpha value is -1.40. The largest absolute Gasteiger partial charge is 0.335 e. The van der Waals surface area contributed by atoms with Gasteiger partial charge < -0.3 is 5.32 Å². The van der Waals surface area contributed by atoms with Crippen molar-refractivity contribution in [1.82, 2.24) is 20.4 Å². The van der Waals surface area contributed by atoms with Gasteiger partial charge in [-0.25, -0.2) is 0 Å². The summed E-state index contributed by atoms with van der Waals surface area (Å²) in [7, 11) is 0. The van der Waals surface area contributed by atoms with Gasteiger partial charge in [-0.05, 0) is 12.1 Å². The number of fused-ring (bicyclic) bond motifs is 2. The molecule has 7 heteroatoms. The van der Waals surface area contributed by atoms with Gasteiger partial charge in [0.2, 0.25) is 0 Å². The summed E-state index contributed by atoms with van der Waals surface area (Å²) in [6.45, 7) is 0. The number of nitrogens with zero attached hydrogens (tertiary/aromatic N) is 4. The van der Waals surface area contributed by atoms with Crippen LogP contribution in [0.15, 0.2) is 28.3 Å². The molecule has 5 nitrogen and oxygen atoms in total. The molecule has 0 spiro atoms. The Morgan fingerprint density at radius 1 is 1.27 bits per heavy atom. The monoisotopic (exact) mass is 237 g/mol. The van der Waals surface area contributed by atoms with Crippen LogP contribution in [-0.2, 0) is 0 Å². The average molecular weight is 238 g/mol. The van der Waals surface area contributed by atoms with Crippen LogP contribution >= 0.6 is 23.4 Å². The van der Waals surface area contributed by atoms with Crippen LogP contribution in [0.4, 0.5) is 11.5 Å². The smallest absolute Gasteiger partial charge is 0.167 e. The third kappa shape index (κ3) is 1.51. The van der Waals surface area contributed by atoms with Crippen LogP contribution < -0.4 is 5.32 Å². The zero-order valence-corrected chi connectivity index (χ0v) is 8.88. The van der Waals surface area contributed by atoms with Crippen molar-refractivity contribution >= 4 is 34.9 Å². The summed E-state index contributed by atoms with van der Waals surface area (Å²) in [5.74, 6) is 0.699. The van der Waals surface area contributed by atoms with E-state index in [9.17, 15) is 0 Å². The average Bonchev–Trinajstić information content (AvgIpc) is 2.26. The molecule has 2 aromatic rings. The molecule has 1 aliphatic heterocycles. The van der Waals surface area contributed by atoms with E-state index in [1.54, 1.807) is 12.3 Å². The lowest BCUT2D eigenvalue weighted by Gasteiger charge is -2.16. The Balaban J connectivity index is 2.11. The van der Waals surface area contributed by atoms with Crippen LogP contribution in [0, 0.1) is 0 Å². The highest BCUT2D eigenvalue weighted by atomic mass is 35.5. The van der Waals surface area contributed by atoms with Crippen LogP contribution in [0.25, 0.3) is 0 Å². The maximum Gasteiger partial charge on any atom is 0.167 e. The molecule has 0 fully saturated rings. The van der Waals surface area contributed by atoms with Gasteiger partial charge in [0, 0.05) is 0 Å². The van der Waals surface area contributed by atoms with E-state index in [4.69, 9.17) is 11.6 Å². The zero-order chi connectivity index (χ0) is 10.3. The molecule has 0 radical (unpaired) electrons. The van der Waals surface area contributed by atoms with Crippen LogP contribution in [0.5, 0.6) is 0 Å². The molecule has 2 aromatic heterocycles. The Morgan fingerprint density at radius 2 is 2.20 bits per heavy atom. The highest BCUT2D eigenvalue weighted by molar-refractivity contribution is 7.99. The molecule has 0 bridgehead atoms.